The highest BCUT2D eigenvalue weighted by Gasteiger charge is 2.20. The smallest absolute Gasteiger partial charge is 0.242 e. The van der Waals surface area contributed by atoms with Crippen LogP contribution in [0.2, 0.25) is 0 Å². The van der Waals surface area contributed by atoms with Crippen LogP contribution >= 0.6 is 0 Å². The van der Waals surface area contributed by atoms with Crippen LogP contribution in [0.4, 0.5) is 0 Å². The van der Waals surface area contributed by atoms with Gasteiger partial charge in [0, 0.05) is 20.1 Å². The van der Waals surface area contributed by atoms with Crippen LogP contribution < -0.4 is 5.32 Å². The topological polar surface area (TPSA) is 49.4 Å². The van der Waals surface area contributed by atoms with E-state index in [1.54, 1.807) is 19.2 Å². The molecule has 1 N–H and O–H groups in total. The van der Waals surface area contributed by atoms with Crippen LogP contribution in [0.5, 0.6) is 0 Å². The highest BCUT2D eigenvalue weighted by atomic mass is 32.2. The molecule has 0 spiro atoms. The maximum absolute atomic E-state index is 12.4. The third kappa shape index (κ3) is 3.78. The summed E-state index contributed by atoms with van der Waals surface area (Å²) in [7, 11) is 0.133. The lowest BCUT2D eigenvalue weighted by atomic mass is 10.1. The van der Waals surface area contributed by atoms with Crippen molar-refractivity contribution in [3.63, 3.8) is 0 Å². The van der Waals surface area contributed by atoms with E-state index >= 15 is 0 Å². The molecule has 0 radical (unpaired) electrons. The van der Waals surface area contributed by atoms with Crippen LogP contribution in [-0.4, -0.2) is 33.4 Å². The normalized spacial score (nSPS) is 12.1. The molecule has 0 saturated heterocycles. The number of nitrogens with zero attached hydrogens (tertiary/aromatic N) is 1. The fourth-order valence-corrected chi connectivity index (χ4v) is 3.39. The molecule has 4 nitrogen and oxygen atoms in total. The molecule has 1 rings (SSSR count). The van der Waals surface area contributed by atoms with Crippen LogP contribution in [0.1, 0.15) is 31.4 Å². The van der Waals surface area contributed by atoms with E-state index in [-0.39, 0.29) is 0 Å². The third-order valence-electron chi connectivity index (χ3n) is 3.17. The Morgan fingerprint density at radius 2 is 1.89 bits per heavy atom. The van der Waals surface area contributed by atoms with E-state index in [9.17, 15) is 8.42 Å². The lowest BCUT2D eigenvalue weighted by Crippen LogP contribution is -2.27. The Balaban J connectivity index is 3.17. The van der Waals surface area contributed by atoms with Crippen molar-refractivity contribution in [3.8, 4) is 0 Å². The standard InChI is InChI=1S/C14H24N2O2S/c1-5-9-16(4)19(17,18)14-8-7-12(6-2)13(10-14)11-15-3/h7-8,10,15H,5-6,9,11H2,1-4H3. The van der Waals surface area contributed by atoms with Gasteiger partial charge < -0.3 is 5.32 Å². The van der Waals surface area contributed by atoms with E-state index in [1.807, 2.05) is 20.0 Å². The average Bonchev–Trinajstić information content (AvgIpc) is 2.39. The molecule has 0 atom stereocenters. The molecule has 0 fully saturated rings. The fourth-order valence-electron chi connectivity index (χ4n) is 2.08. The molecule has 0 amide bonds. The monoisotopic (exact) mass is 284 g/mol. The maximum Gasteiger partial charge on any atom is 0.242 e. The Hall–Kier alpha value is -0.910. The summed E-state index contributed by atoms with van der Waals surface area (Å²) in [4.78, 5) is 0.380. The summed E-state index contributed by atoms with van der Waals surface area (Å²) >= 11 is 0. The Morgan fingerprint density at radius 3 is 2.42 bits per heavy atom. The van der Waals surface area contributed by atoms with Gasteiger partial charge in [-0.25, -0.2) is 12.7 Å². The Morgan fingerprint density at radius 1 is 1.21 bits per heavy atom. The second-order valence-electron chi connectivity index (χ2n) is 4.64. The lowest BCUT2D eigenvalue weighted by Gasteiger charge is -2.18. The van der Waals surface area contributed by atoms with Crippen molar-refractivity contribution in [2.24, 2.45) is 0 Å². The van der Waals surface area contributed by atoms with Crippen molar-refractivity contribution in [2.75, 3.05) is 20.6 Å². The highest BCUT2D eigenvalue weighted by Crippen LogP contribution is 2.19. The fraction of sp³-hybridized carbons (Fsp3) is 0.571. The second-order valence-corrected chi connectivity index (χ2v) is 6.69. The Bertz CT molecular complexity index is 512. The number of benzene rings is 1. The summed E-state index contributed by atoms with van der Waals surface area (Å²) in [6.45, 7) is 5.27. The van der Waals surface area contributed by atoms with Gasteiger partial charge in [0.05, 0.1) is 4.90 Å². The van der Waals surface area contributed by atoms with Gasteiger partial charge in [0.1, 0.15) is 0 Å². The van der Waals surface area contributed by atoms with Crippen molar-refractivity contribution in [1.82, 2.24) is 9.62 Å². The van der Waals surface area contributed by atoms with Gasteiger partial charge in [-0.05, 0) is 43.1 Å². The minimum absolute atomic E-state index is 0.380. The van der Waals surface area contributed by atoms with E-state index in [4.69, 9.17) is 0 Å². The van der Waals surface area contributed by atoms with Crippen LogP contribution in [0.15, 0.2) is 23.1 Å². The number of sulfonamides is 1. The van der Waals surface area contributed by atoms with Gasteiger partial charge in [0.25, 0.3) is 0 Å². The zero-order chi connectivity index (χ0) is 14.5. The molecule has 0 heterocycles. The molecule has 0 aliphatic rings. The van der Waals surface area contributed by atoms with Crippen LogP contribution in [0, 0.1) is 0 Å². The van der Waals surface area contributed by atoms with Crippen LogP contribution in [0.25, 0.3) is 0 Å². The predicted octanol–water partition coefficient (Wildman–Crippen LogP) is 2.00. The van der Waals surface area contributed by atoms with E-state index < -0.39 is 10.0 Å². The number of hydrogen-bond acceptors (Lipinski definition) is 3. The first-order chi connectivity index (χ1) is 8.97. The maximum atomic E-state index is 12.4. The molecule has 0 saturated carbocycles. The van der Waals surface area contributed by atoms with Crippen molar-refractivity contribution in [2.45, 2.75) is 38.1 Å². The first-order valence-corrected chi connectivity index (χ1v) is 8.14. The molecule has 108 valence electrons. The van der Waals surface area contributed by atoms with E-state index in [0.717, 1.165) is 18.4 Å². The minimum atomic E-state index is -3.36. The zero-order valence-corrected chi connectivity index (χ0v) is 13.0. The Kier molecular flexibility index (Phi) is 5.97. The third-order valence-corrected chi connectivity index (χ3v) is 5.03. The quantitative estimate of drug-likeness (QED) is 0.833. The van der Waals surface area contributed by atoms with E-state index in [1.165, 1.54) is 9.87 Å². The molecule has 0 unspecified atom stereocenters. The average molecular weight is 284 g/mol. The molecular weight excluding hydrogens is 260 g/mol. The molecule has 0 aliphatic carbocycles. The zero-order valence-electron chi connectivity index (χ0n) is 12.2. The SMILES string of the molecule is CCCN(C)S(=O)(=O)c1ccc(CC)c(CNC)c1. The Labute approximate surface area is 116 Å². The lowest BCUT2D eigenvalue weighted by molar-refractivity contribution is 0.468. The summed E-state index contributed by atoms with van der Waals surface area (Å²) in [6, 6.07) is 5.41. The molecule has 1 aromatic carbocycles. The van der Waals surface area contributed by atoms with Gasteiger partial charge in [-0.1, -0.05) is 19.9 Å². The molecule has 1 aromatic rings. The number of aryl methyl sites for hydroxylation is 1. The molecule has 0 bridgehead atoms. The van der Waals surface area contributed by atoms with Gasteiger partial charge in [-0.2, -0.15) is 0 Å². The van der Waals surface area contributed by atoms with Crippen LogP contribution in [0.3, 0.4) is 0 Å². The number of rotatable bonds is 7. The van der Waals surface area contributed by atoms with Gasteiger partial charge in [0.15, 0.2) is 0 Å². The molecule has 0 aromatic heterocycles. The van der Waals surface area contributed by atoms with Crippen LogP contribution in [-0.2, 0) is 23.0 Å². The molecule has 0 aliphatic heterocycles. The summed E-state index contributed by atoms with van der Waals surface area (Å²) in [6.07, 6.45) is 1.72. The summed E-state index contributed by atoms with van der Waals surface area (Å²) in [5, 5.41) is 3.08. The molecule has 19 heavy (non-hydrogen) atoms. The van der Waals surface area contributed by atoms with E-state index in [0.29, 0.717) is 18.0 Å². The van der Waals surface area contributed by atoms with E-state index in [2.05, 4.69) is 12.2 Å². The number of hydrogen-bond donors (Lipinski definition) is 1. The largest absolute Gasteiger partial charge is 0.316 e. The van der Waals surface area contributed by atoms with Gasteiger partial charge >= 0.3 is 0 Å². The summed E-state index contributed by atoms with van der Waals surface area (Å²) < 4.78 is 26.2. The van der Waals surface area contributed by atoms with Gasteiger partial charge in [-0.15, -0.1) is 0 Å². The molecule has 5 heteroatoms. The first-order valence-electron chi connectivity index (χ1n) is 6.70. The predicted molar refractivity (Wildman–Crippen MR) is 78.7 cm³/mol. The summed E-state index contributed by atoms with van der Waals surface area (Å²) in [5.74, 6) is 0. The van der Waals surface area contributed by atoms with Crippen molar-refractivity contribution < 1.29 is 8.42 Å². The van der Waals surface area contributed by atoms with Crippen molar-refractivity contribution in [1.29, 1.82) is 0 Å². The highest BCUT2D eigenvalue weighted by molar-refractivity contribution is 7.89. The first kappa shape index (κ1) is 16.1. The van der Waals surface area contributed by atoms with Gasteiger partial charge in [-0.3, -0.25) is 0 Å². The minimum Gasteiger partial charge on any atom is -0.316 e. The van der Waals surface area contributed by atoms with Crippen molar-refractivity contribution >= 4 is 10.0 Å². The number of nitrogens with one attached hydrogen (secondary N) is 1. The van der Waals surface area contributed by atoms with Gasteiger partial charge in [0.2, 0.25) is 10.0 Å². The molecular formula is C14H24N2O2S. The summed E-state index contributed by atoms with van der Waals surface area (Å²) in [5.41, 5.74) is 2.24. The van der Waals surface area contributed by atoms with Crippen molar-refractivity contribution in [3.05, 3.63) is 29.3 Å². The second kappa shape index (κ2) is 7.03.